The molecule has 0 radical (unpaired) electrons. The lowest BCUT2D eigenvalue weighted by Crippen LogP contribution is -2.18. The SMILES string of the molecule is CC(C)=CCCC(C)=CCCC(C)=CCC(C)(C)Sc1cc(C(C)(C)C)c(O)c(C(C)(C)C)c1. The molecule has 0 amide bonds. The van der Waals surface area contributed by atoms with Gasteiger partial charge >= 0.3 is 0 Å². The van der Waals surface area contributed by atoms with Gasteiger partial charge in [0.2, 0.25) is 0 Å². The lowest BCUT2D eigenvalue weighted by atomic mass is 9.79. The van der Waals surface area contributed by atoms with E-state index in [2.05, 4.69) is 113 Å². The van der Waals surface area contributed by atoms with Gasteiger partial charge < -0.3 is 5.11 Å². The van der Waals surface area contributed by atoms with Gasteiger partial charge in [-0.1, -0.05) is 90.3 Å². The Kier molecular flexibility index (Phi) is 11.3. The van der Waals surface area contributed by atoms with Gasteiger partial charge in [-0.2, -0.15) is 0 Å². The molecule has 1 aromatic rings. The van der Waals surface area contributed by atoms with Gasteiger partial charge in [0.05, 0.1) is 0 Å². The largest absolute Gasteiger partial charge is 0.507 e. The molecule has 0 fully saturated rings. The summed E-state index contributed by atoms with van der Waals surface area (Å²) in [7, 11) is 0. The van der Waals surface area contributed by atoms with Gasteiger partial charge in [0.25, 0.3) is 0 Å². The molecule has 1 N–H and O–H groups in total. The van der Waals surface area contributed by atoms with Crippen molar-refractivity contribution < 1.29 is 5.11 Å². The van der Waals surface area contributed by atoms with Crippen LogP contribution in [-0.4, -0.2) is 9.85 Å². The van der Waals surface area contributed by atoms with Crippen LogP contribution in [0.2, 0.25) is 0 Å². The van der Waals surface area contributed by atoms with Crippen LogP contribution in [0.3, 0.4) is 0 Å². The van der Waals surface area contributed by atoms with Crippen LogP contribution < -0.4 is 0 Å². The summed E-state index contributed by atoms with van der Waals surface area (Å²) in [5, 5.41) is 11.0. The fraction of sp³-hybridized carbons (Fsp3) is 0.625. The maximum atomic E-state index is 11.0. The van der Waals surface area contributed by atoms with E-state index in [0.717, 1.165) is 43.2 Å². The molecule has 0 saturated carbocycles. The Morgan fingerprint density at radius 2 is 1.18 bits per heavy atom. The topological polar surface area (TPSA) is 20.2 Å². The van der Waals surface area contributed by atoms with E-state index in [9.17, 15) is 5.11 Å². The van der Waals surface area contributed by atoms with Crippen LogP contribution in [0.1, 0.15) is 126 Å². The highest BCUT2D eigenvalue weighted by atomic mass is 32.2. The van der Waals surface area contributed by atoms with Gasteiger partial charge in [0.1, 0.15) is 5.75 Å². The van der Waals surface area contributed by atoms with Crippen molar-refractivity contribution in [3.8, 4) is 5.75 Å². The second-order valence-corrected chi connectivity index (χ2v) is 14.7. The highest BCUT2D eigenvalue weighted by molar-refractivity contribution is 8.00. The van der Waals surface area contributed by atoms with Crippen molar-refractivity contribution >= 4 is 11.8 Å². The molecule has 192 valence electrons. The Balaban J connectivity index is 2.88. The quantitative estimate of drug-likeness (QED) is 0.263. The fourth-order valence-electron chi connectivity index (χ4n) is 3.93. The first-order valence-corrected chi connectivity index (χ1v) is 13.8. The zero-order chi connectivity index (χ0) is 26.3. The molecular weight excluding hydrogens is 432 g/mol. The Morgan fingerprint density at radius 3 is 1.62 bits per heavy atom. The summed E-state index contributed by atoms with van der Waals surface area (Å²) in [4.78, 5) is 1.25. The molecule has 0 bridgehead atoms. The van der Waals surface area contributed by atoms with Crippen molar-refractivity contribution in [3.05, 3.63) is 58.2 Å². The predicted octanol–water partition coefficient (Wildman–Crippen LogP) is 10.7. The minimum atomic E-state index is -0.0986. The molecule has 1 aromatic carbocycles. The fourth-order valence-corrected chi connectivity index (χ4v) is 5.09. The molecule has 0 unspecified atom stereocenters. The van der Waals surface area contributed by atoms with Gasteiger partial charge in [-0.15, -0.1) is 11.8 Å². The van der Waals surface area contributed by atoms with Gasteiger partial charge in [0.15, 0.2) is 0 Å². The second kappa shape index (κ2) is 12.5. The summed E-state index contributed by atoms with van der Waals surface area (Å²) in [6, 6.07) is 4.41. The molecule has 0 aliphatic heterocycles. The second-order valence-electron chi connectivity index (χ2n) is 12.9. The number of thioether (sulfide) groups is 1. The van der Waals surface area contributed by atoms with Crippen molar-refractivity contribution in [1.29, 1.82) is 0 Å². The van der Waals surface area contributed by atoms with Gasteiger partial charge in [-0.25, -0.2) is 0 Å². The summed E-state index contributed by atoms with van der Waals surface area (Å²) in [6.45, 7) is 26.6. The molecule has 0 aliphatic rings. The maximum Gasteiger partial charge on any atom is 0.123 e. The molecule has 1 rings (SSSR count). The van der Waals surface area contributed by atoms with E-state index in [4.69, 9.17) is 0 Å². The molecule has 0 heterocycles. The number of hydrogen-bond donors (Lipinski definition) is 1. The number of phenols is 1. The van der Waals surface area contributed by atoms with Crippen LogP contribution in [0.4, 0.5) is 0 Å². The molecule has 0 aromatic heterocycles. The van der Waals surface area contributed by atoms with Crippen LogP contribution in [0.15, 0.2) is 52.0 Å². The van der Waals surface area contributed by atoms with Crippen LogP contribution in [0.5, 0.6) is 5.75 Å². The molecule has 0 saturated heterocycles. The van der Waals surface area contributed by atoms with E-state index in [-0.39, 0.29) is 15.6 Å². The van der Waals surface area contributed by atoms with E-state index in [1.54, 1.807) is 0 Å². The Labute approximate surface area is 216 Å². The predicted molar refractivity (Wildman–Crippen MR) is 155 cm³/mol. The maximum absolute atomic E-state index is 11.0. The van der Waals surface area contributed by atoms with Gasteiger partial charge in [-0.3, -0.25) is 0 Å². The van der Waals surface area contributed by atoms with E-state index in [1.165, 1.54) is 21.6 Å². The first-order valence-electron chi connectivity index (χ1n) is 12.9. The zero-order valence-corrected chi connectivity index (χ0v) is 25.1. The van der Waals surface area contributed by atoms with E-state index in [0.29, 0.717) is 5.75 Å². The van der Waals surface area contributed by atoms with Crippen molar-refractivity contribution in [2.75, 3.05) is 0 Å². The first kappa shape index (κ1) is 30.6. The molecular formula is C32H52OS. The summed E-state index contributed by atoms with van der Waals surface area (Å²) in [5.41, 5.74) is 6.25. The monoisotopic (exact) mass is 484 g/mol. The number of benzene rings is 1. The zero-order valence-electron chi connectivity index (χ0n) is 24.3. The molecule has 34 heavy (non-hydrogen) atoms. The summed E-state index contributed by atoms with van der Waals surface area (Å²) in [6.07, 6.45) is 12.8. The molecule has 2 heteroatoms. The van der Waals surface area contributed by atoms with Crippen LogP contribution in [-0.2, 0) is 10.8 Å². The first-order chi connectivity index (χ1) is 15.4. The lowest BCUT2D eigenvalue weighted by Gasteiger charge is -2.30. The minimum Gasteiger partial charge on any atom is -0.507 e. The highest BCUT2D eigenvalue weighted by Crippen LogP contribution is 2.44. The Hall–Kier alpha value is -1.41. The average molecular weight is 485 g/mol. The third-order valence-corrected chi connectivity index (χ3v) is 7.35. The summed E-state index contributed by atoms with van der Waals surface area (Å²) >= 11 is 1.92. The molecule has 0 aliphatic carbocycles. The summed E-state index contributed by atoms with van der Waals surface area (Å²) < 4.78 is 0.0820. The Morgan fingerprint density at radius 1 is 0.735 bits per heavy atom. The summed E-state index contributed by atoms with van der Waals surface area (Å²) in [5.74, 6) is 0.460. The van der Waals surface area contributed by atoms with Crippen molar-refractivity contribution in [3.63, 3.8) is 0 Å². The number of allylic oxidation sites excluding steroid dienone is 6. The Bertz CT molecular complexity index is 859. The van der Waals surface area contributed by atoms with Crippen molar-refractivity contribution in [2.45, 2.75) is 136 Å². The standard InChI is InChI=1S/C32H52OS/c1-23(2)15-13-16-24(3)17-14-18-25(4)19-20-32(11,12)34-26-21-27(30(5,6)7)29(33)28(22-26)31(8,9)10/h15,17,19,21-22,33H,13-14,16,18,20H2,1-12H3. The van der Waals surface area contributed by atoms with E-state index in [1.807, 2.05) is 11.8 Å². The molecule has 0 atom stereocenters. The average Bonchev–Trinajstić information content (AvgIpc) is 2.65. The third kappa shape index (κ3) is 10.9. The number of hydrogen-bond acceptors (Lipinski definition) is 2. The van der Waals surface area contributed by atoms with E-state index >= 15 is 0 Å². The molecule has 0 spiro atoms. The van der Waals surface area contributed by atoms with E-state index < -0.39 is 0 Å². The van der Waals surface area contributed by atoms with Crippen molar-refractivity contribution in [1.82, 2.24) is 0 Å². The highest BCUT2D eigenvalue weighted by Gasteiger charge is 2.28. The normalized spacial score (nSPS) is 13.9. The van der Waals surface area contributed by atoms with Crippen LogP contribution in [0, 0.1) is 0 Å². The molecule has 1 nitrogen and oxygen atoms in total. The smallest absolute Gasteiger partial charge is 0.123 e. The number of rotatable bonds is 10. The van der Waals surface area contributed by atoms with Crippen molar-refractivity contribution in [2.24, 2.45) is 0 Å². The number of phenolic OH excluding ortho intramolecular Hbond substituents is 1. The van der Waals surface area contributed by atoms with Crippen LogP contribution >= 0.6 is 11.8 Å². The van der Waals surface area contributed by atoms with Crippen LogP contribution in [0.25, 0.3) is 0 Å². The lowest BCUT2D eigenvalue weighted by molar-refractivity contribution is 0.422. The van der Waals surface area contributed by atoms with Gasteiger partial charge in [0, 0.05) is 20.8 Å². The van der Waals surface area contributed by atoms with Gasteiger partial charge in [-0.05, 0) is 82.8 Å². The number of aromatic hydroxyl groups is 1. The minimum absolute atomic E-state index is 0.0820. The third-order valence-electron chi connectivity index (χ3n) is 6.16.